The zero-order valence-corrected chi connectivity index (χ0v) is 10.8. The maximum Gasteiger partial charge on any atom is 0.317 e. The molecule has 2 amide bonds. The quantitative estimate of drug-likeness (QED) is 0.825. The van der Waals surface area contributed by atoms with Gasteiger partial charge in [-0.3, -0.25) is 20.4 Å². The summed E-state index contributed by atoms with van der Waals surface area (Å²) >= 11 is 0. The van der Waals surface area contributed by atoms with Crippen LogP contribution in [0.5, 0.6) is 0 Å². The normalized spacial score (nSPS) is 10.4. The standard InChI is InChI=1S/C13H12F2N4O2/c14-11(15)13(21)18-17-12(20)10-3-1-9(2-4-10)7-19-6-5-16-8-19/h1-6,8,11H,7H2,(H,17,20)(H,18,21). The Morgan fingerprint density at radius 2 is 1.90 bits per heavy atom. The Bertz CT molecular complexity index is 612. The van der Waals surface area contributed by atoms with Crippen molar-refractivity contribution in [2.24, 2.45) is 0 Å². The fourth-order valence-corrected chi connectivity index (χ4v) is 1.60. The second kappa shape index (κ2) is 6.60. The molecule has 1 heterocycles. The molecule has 0 atom stereocenters. The van der Waals surface area contributed by atoms with Crippen LogP contribution in [-0.2, 0) is 11.3 Å². The maximum absolute atomic E-state index is 11.9. The number of hydrazine groups is 1. The molecule has 0 radical (unpaired) electrons. The van der Waals surface area contributed by atoms with E-state index in [-0.39, 0.29) is 5.56 Å². The molecule has 0 fully saturated rings. The van der Waals surface area contributed by atoms with E-state index in [0.717, 1.165) is 5.56 Å². The number of carbonyl (C=O) groups excluding carboxylic acids is 2. The molecule has 6 nitrogen and oxygen atoms in total. The van der Waals surface area contributed by atoms with E-state index in [4.69, 9.17) is 0 Å². The molecule has 0 bridgehead atoms. The predicted molar refractivity (Wildman–Crippen MR) is 69.4 cm³/mol. The molecule has 0 saturated carbocycles. The Morgan fingerprint density at radius 1 is 1.19 bits per heavy atom. The van der Waals surface area contributed by atoms with Crippen molar-refractivity contribution in [2.45, 2.75) is 13.0 Å². The van der Waals surface area contributed by atoms with Crippen LogP contribution < -0.4 is 10.9 Å². The Balaban J connectivity index is 1.92. The van der Waals surface area contributed by atoms with Gasteiger partial charge in [-0.05, 0) is 17.7 Å². The summed E-state index contributed by atoms with van der Waals surface area (Å²) in [6.07, 6.45) is 1.96. The molecule has 0 aliphatic rings. The van der Waals surface area contributed by atoms with Gasteiger partial charge in [0.25, 0.3) is 5.91 Å². The van der Waals surface area contributed by atoms with Crippen LogP contribution in [0.15, 0.2) is 43.0 Å². The predicted octanol–water partition coefficient (Wildman–Crippen LogP) is 0.958. The third-order valence-electron chi connectivity index (χ3n) is 2.64. The third-order valence-corrected chi connectivity index (χ3v) is 2.64. The van der Waals surface area contributed by atoms with Gasteiger partial charge in [0.2, 0.25) is 0 Å². The lowest BCUT2D eigenvalue weighted by Crippen LogP contribution is -2.44. The zero-order chi connectivity index (χ0) is 15.2. The minimum absolute atomic E-state index is 0.249. The first-order valence-electron chi connectivity index (χ1n) is 5.99. The lowest BCUT2D eigenvalue weighted by molar-refractivity contribution is -0.132. The number of nitrogens with zero attached hydrogens (tertiary/aromatic N) is 2. The molecule has 0 saturated heterocycles. The number of hydrogen-bond donors (Lipinski definition) is 2. The maximum atomic E-state index is 11.9. The van der Waals surface area contributed by atoms with Gasteiger partial charge in [0, 0.05) is 24.5 Å². The molecular formula is C13H12F2N4O2. The smallest absolute Gasteiger partial charge is 0.317 e. The van der Waals surface area contributed by atoms with Crippen LogP contribution in [0.2, 0.25) is 0 Å². The number of nitrogens with one attached hydrogen (secondary N) is 2. The number of amides is 2. The van der Waals surface area contributed by atoms with Crippen molar-refractivity contribution >= 4 is 11.8 Å². The van der Waals surface area contributed by atoms with Crippen LogP contribution >= 0.6 is 0 Å². The molecule has 21 heavy (non-hydrogen) atoms. The zero-order valence-electron chi connectivity index (χ0n) is 10.8. The first kappa shape index (κ1) is 14.6. The van der Waals surface area contributed by atoms with E-state index in [1.54, 1.807) is 36.3 Å². The van der Waals surface area contributed by atoms with Gasteiger partial charge >= 0.3 is 12.3 Å². The van der Waals surface area contributed by atoms with Crippen molar-refractivity contribution in [3.63, 3.8) is 0 Å². The lowest BCUT2D eigenvalue weighted by atomic mass is 10.1. The van der Waals surface area contributed by atoms with Crippen molar-refractivity contribution in [3.8, 4) is 0 Å². The Kier molecular flexibility index (Phi) is 4.60. The van der Waals surface area contributed by atoms with Crippen molar-refractivity contribution in [1.29, 1.82) is 0 Å². The summed E-state index contributed by atoms with van der Waals surface area (Å²) in [5.74, 6) is -2.22. The highest BCUT2D eigenvalue weighted by molar-refractivity contribution is 5.95. The van der Waals surface area contributed by atoms with Crippen molar-refractivity contribution in [1.82, 2.24) is 20.4 Å². The van der Waals surface area contributed by atoms with Gasteiger partial charge in [0.15, 0.2) is 0 Å². The molecule has 1 aromatic heterocycles. The first-order chi connectivity index (χ1) is 10.1. The summed E-state index contributed by atoms with van der Waals surface area (Å²) in [7, 11) is 0. The summed E-state index contributed by atoms with van der Waals surface area (Å²) in [5, 5.41) is 0. The summed E-state index contributed by atoms with van der Waals surface area (Å²) in [6.45, 7) is 0.601. The van der Waals surface area contributed by atoms with Gasteiger partial charge in [-0.1, -0.05) is 12.1 Å². The van der Waals surface area contributed by atoms with Crippen molar-refractivity contribution < 1.29 is 18.4 Å². The van der Waals surface area contributed by atoms with E-state index < -0.39 is 18.2 Å². The molecule has 2 aromatic rings. The van der Waals surface area contributed by atoms with Crippen LogP contribution in [0, 0.1) is 0 Å². The number of aromatic nitrogens is 2. The summed E-state index contributed by atoms with van der Waals surface area (Å²) in [4.78, 5) is 26.2. The second-order valence-electron chi connectivity index (χ2n) is 4.18. The number of alkyl halides is 2. The minimum Gasteiger partial charge on any atom is -0.333 e. The molecule has 2 rings (SSSR count). The Hall–Kier alpha value is -2.77. The average Bonchev–Trinajstić information content (AvgIpc) is 2.98. The van der Waals surface area contributed by atoms with Crippen molar-refractivity contribution in [2.75, 3.05) is 0 Å². The summed E-state index contributed by atoms with van der Waals surface area (Å²) in [5.41, 5.74) is 4.74. The SMILES string of the molecule is O=C(NNC(=O)C(F)F)c1ccc(Cn2ccnc2)cc1. The number of hydrogen-bond acceptors (Lipinski definition) is 3. The number of benzene rings is 1. The molecule has 8 heteroatoms. The number of carbonyl (C=O) groups is 2. The molecule has 2 N–H and O–H groups in total. The van der Waals surface area contributed by atoms with E-state index in [1.165, 1.54) is 12.1 Å². The highest BCUT2D eigenvalue weighted by Gasteiger charge is 2.15. The highest BCUT2D eigenvalue weighted by Crippen LogP contribution is 2.06. The fourth-order valence-electron chi connectivity index (χ4n) is 1.60. The van der Waals surface area contributed by atoms with E-state index in [1.807, 2.05) is 9.99 Å². The van der Waals surface area contributed by atoms with Crippen LogP contribution in [0.25, 0.3) is 0 Å². The highest BCUT2D eigenvalue weighted by atomic mass is 19.3. The largest absolute Gasteiger partial charge is 0.333 e. The van der Waals surface area contributed by atoms with Gasteiger partial charge in [-0.15, -0.1) is 0 Å². The van der Waals surface area contributed by atoms with E-state index in [9.17, 15) is 18.4 Å². The topological polar surface area (TPSA) is 76.0 Å². The van der Waals surface area contributed by atoms with Crippen LogP contribution in [0.3, 0.4) is 0 Å². The van der Waals surface area contributed by atoms with Crippen molar-refractivity contribution in [3.05, 3.63) is 54.1 Å². The van der Waals surface area contributed by atoms with Gasteiger partial charge in [0.1, 0.15) is 0 Å². The minimum atomic E-state index is -3.18. The molecule has 110 valence electrons. The number of halogens is 2. The average molecular weight is 294 g/mol. The van der Waals surface area contributed by atoms with E-state index in [2.05, 4.69) is 4.98 Å². The molecule has 0 aliphatic carbocycles. The lowest BCUT2D eigenvalue weighted by Gasteiger charge is -2.07. The third kappa shape index (κ3) is 4.10. The van der Waals surface area contributed by atoms with Gasteiger partial charge < -0.3 is 4.57 Å². The summed E-state index contributed by atoms with van der Waals surface area (Å²) < 4.78 is 25.7. The van der Waals surface area contributed by atoms with Crippen LogP contribution in [-0.4, -0.2) is 27.8 Å². The van der Waals surface area contributed by atoms with E-state index in [0.29, 0.717) is 6.54 Å². The van der Waals surface area contributed by atoms with Crippen LogP contribution in [0.1, 0.15) is 15.9 Å². The molecular weight excluding hydrogens is 282 g/mol. The molecule has 1 aromatic carbocycles. The molecule has 0 spiro atoms. The Morgan fingerprint density at radius 3 is 2.48 bits per heavy atom. The Labute approximate surface area is 118 Å². The van der Waals surface area contributed by atoms with E-state index >= 15 is 0 Å². The van der Waals surface area contributed by atoms with Gasteiger partial charge in [-0.2, -0.15) is 8.78 Å². The fraction of sp³-hybridized carbons (Fsp3) is 0.154. The number of imidazole rings is 1. The second-order valence-corrected chi connectivity index (χ2v) is 4.18. The number of rotatable bonds is 4. The van der Waals surface area contributed by atoms with Crippen LogP contribution in [0.4, 0.5) is 8.78 Å². The first-order valence-corrected chi connectivity index (χ1v) is 5.99. The van der Waals surface area contributed by atoms with Gasteiger partial charge in [-0.25, -0.2) is 4.98 Å². The monoisotopic (exact) mass is 294 g/mol. The molecule has 0 unspecified atom stereocenters. The summed E-state index contributed by atoms with van der Waals surface area (Å²) in [6, 6.07) is 6.53. The molecule has 0 aliphatic heterocycles. The van der Waals surface area contributed by atoms with Gasteiger partial charge in [0.05, 0.1) is 6.33 Å².